The van der Waals surface area contributed by atoms with E-state index in [0.717, 1.165) is 16.5 Å². The Hall–Kier alpha value is -1.81. The summed E-state index contributed by atoms with van der Waals surface area (Å²) in [4.78, 5) is 16.2. The maximum atomic E-state index is 11.6. The van der Waals surface area contributed by atoms with Gasteiger partial charge in [0, 0.05) is 10.9 Å². The van der Waals surface area contributed by atoms with E-state index in [4.69, 9.17) is 4.42 Å². The Morgan fingerprint density at radius 2 is 2.16 bits per heavy atom. The lowest BCUT2D eigenvalue weighted by atomic mass is 9.95. The van der Waals surface area contributed by atoms with E-state index in [1.54, 1.807) is 6.26 Å². The molecule has 0 fully saturated rings. The molecule has 1 N–H and O–H groups in total. The van der Waals surface area contributed by atoms with Crippen molar-refractivity contribution in [2.75, 3.05) is 7.11 Å². The molecule has 0 aliphatic carbocycles. The molecule has 2 rings (SSSR count). The summed E-state index contributed by atoms with van der Waals surface area (Å²) in [7, 11) is 1.42. The number of amides is 1. The second kappa shape index (κ2) is 5.45. The third-order valence-corrected chi connectivity index (χ3v) is 3.23. The molecule has 2 aromatic rings. The molecule has 0 atom stereocenters. The highest BCUT2D eigenvalue weighted by atomic mass is 16.6. The molecule has 1 aromatic carbocycles. The first-order chi connectivity index (χ1) is 9.02. The van der Waals surface area contributed by atoms with Crippen molar-refractivity contribution in [2.24, 2.45) is 0 Å². The summed E-state index contributed by atoms with van der Waals surface area (Å²) in [6.07, 6.45) is 1.89. The molecule has 19 heavy (non-hydrogen) atoms. The molecule has 0 unspecified atom stereocenters. The third-order valence-electron chi connectivity index (χ3n) is 3.23. The Morgan fingerprint density at radius 3 is 2.79 bits per heavy atom. The van der Waals surface area contributed by atoms with Crippen LogP contribution >= 0.6 is 0 Å². The van der Waals surface area contributed by atoms with Crippen molar-refractivity contribution in [1.29, 1.82) is 0 Å². The molecule has 1 heterocycles. The maximum absolute atomic E-state index is 11.6. The highest BCUT2D eigenvalue weighted by Crippen LogP contribution is 2.29. The van der Waals surface area contributed by atoms with Crippen LogP contribution in [0.4, 0.5) is 0 Å². The van der Waals surface area contributed by atoms with Crippen molar-refractivity contribution in [2.45, 2.75) is 33.1 Å². The van der Waals surface area contributed by atoms with Crippen molar-refractivity contribution in [3.63, 3.8) is 0 Å². The van der Waals surface area contributed by atoms with Crippen LogP contribution in [0.15, 0.2) is 22.8 Å². The number of hydrogen-bond acceptors (Lipinski definition) is 3. The Bertz CT molecular complexity index is 599. The number of nitrogens with one attached hydrogen (secondary N) is 1. The molecule has 4 heteroatoms. The Labute approximate surface area is 112 Å². The van der Waals surface area contributed by atoms with Gasteiger partial charge in [0.2, 0.25) is 5.91 Å². The number of rotatable bonds is 4. The largest absolute Gasteiger partial charge is 0.464 e. The lowest BCUT2D eigenvalue weighted by molar-refractivity contribution is -0.130. The SMILES string of the molecule is CONC(=O)Cc1coc2cc(C)c(C(C)C)cc12. The van der Waals surface area contributed by atoms with Gasteiger partial charge in [-0.2, -0.15) is 0 Å². The zero-order valence-electron chi connectivity index (χ0n) is 11.7. The number of furan rings is 1. The zero-order valence-corrected chi connectivity index (χ0v) is 11.7. The summed E-state index contributed by atoms with van der Waals surface area (Å²) in [5, 5.41) is 1.00. The molecular weight excluding hydrogens is 242 g/mol. The van der Waals surface area contributed by atoms with E-state index in [2.05, 4.69) is 37.2 Å². The first kappa shape index (κ1) is 13.6. The number of benzene rings is 1. The van der Waals surface area contributed by atoms with Crippen LogP contribution in [0, 0.1) is 6.92 Å². The van der Waals surface area contributed by atoms with Crippen molar-refractivity contribution >= 4 is 16.9 Å². The van der Waals surface area contributed by atoms with Crippen LogP contribution in [0.2, 0.25) is 0 Å². The number of carbonyl (C=O) groups excluding carboxylic acids is 1. The van der Waals surface area contributed by atoms with Gasteiger partial charge in [0.15, 0.2) is 0 Å². The van der Waals surface area contributed by atoms with Gasteiger partial charge in [-0.25, -0.2) is 5.48 Å². The van der Waals surface area contributed by atoms with E-state index < -0.39 is 0 Å². The molecule has 0 aliphatic rings. The standard InChI is InChI=1S/C15H19NO3/c1-9(2)12-7-13-11(6-15(17)16-18-4)8-19-14(13)5-10(12)3/h5,7-9H,6H2,1-4H3,(H,16,17). The van der Waals surface area contributed by atoms with Crippen LogP contribution in [-0.2, 0) is 16.1 Å². The zero-order chi connectivity index (χ0) is 14.0. The monoisotopic (exact) mass is 261 g/mol. The summed E-state index contributed by atoms with van der Waals surface area (Å²) in [6.45, 7) is 6.39. The summed E-state index contributed by atoms with van der Waals surface area (Å²) < 4.78 is 5.52. The number of carbonyl (C=O) groups is 1. The molecule has 102 valence electrons. The van der Waals surface area contributed by atoms with Gasteiger partial charge < -0.3 is 4.42 Å². The van der Waals surface area contributed by atoms with E-state index in [-0.39, 0.29) is 12.3 Å². The van der Waals surface area contributed by atoms with Crippen LogP contribution < -0.4 is 5.48 Å². The van der Waals surface area contributed by atoms with Crippen molar-refractivity contribution < 1.29 is 14.0 Å². The number of aryl methyl sites for hydroxylation is 1. The Morgan fingerprint density at radius 1 is 1.42 bits per heavy atom. The minimum atomic E-state index is -0.183. The van der Waals surface area contributed by atoms with Crippen LogP contribution in [0.5, 0.6) is 0 Å². The minimum absolute atomic E-state index is 0.183. The molecule has 0 bridgehead atoms. The van der Waals surface area contributed by atoms with Gasteiger partial charge >= 0.3 is 0 Å². The summed E-state index contributed by atoms with van der Waals surface area (Å²) in [6, 6.07) is 4.15. The van der Waals surface area contributed by atoms with E-state index in [0.29, 0.717) is 5.92 Å². The van der Waals surface area contributed by atoms with Crippen molar-refractivity contribution in [3.8, 4) is 0 Å². The topological polar surface area (TPSA) is 51.5 Å². The average molecular weight is 261 g/mol. The van der Waals surface area contributed by atoms with Crippen LogP contribution in [0.3, 0.4) is 0 Å². The minimum Gasteiger partial charge on any atom is -0.464 e. The molecule has 0 aliphatic heterocycles. The van der Waals surface area contributed by atoms with E-state index in [1.807, 2.05) is 6.07 Å². The molecule has 4 nitrogen and oxygen atoms in total. The Kier molecular flexibility index (Phi) is 3.90. The highest BCUT2D eigenvalue weighted by Gasteiger charge is 2.13. The van der Waals surface area contributed by atoms with Crippen LogP contribution in [0.25, 0.3) is 11.0 Å². The van der Waals surface area contributed by atoms with Crippen LogP contribution in [-0.4, -0.2) is 13.0 Å². The van der Waals surface area contributed by atoms with Gasteiger partial charge in [-0.05, 0) is 36.1 Å². The van der Waals surface area contributed by atoms with Gasteiger partial charge in [0.25, 0.3) is 0 Å². The second-order valence-electron chi connectivity index (χ2n) is 5.03. The van der Waals surface area contributed by atoms with Gasteiger partial charge in [0.1, 0.15) is 5.58 Å². The molecule has 0 saturated heterocycles. The average Bonchev–Trinajstić information content (AvgIpc) is 2.70. The van der Waals surface area contributed by atoms with Crippen LogP contribution in [0.1, 0.15) is 36.5 Å². The van der Waals surface area contributed by atoms with Gasteiger partial charge in [-0.1, -0.05) is 13.8 Å². The second-order valence-corrected chi connectivity index (χ2v) is 5.03. The molecule has 1 amide bonds. The predicted molar refractivity (Wildman–Crippen MR) is 73.9 cm³/mol. The highest BCUT2D eigenvalue weighted by molar-refractivity contribution is 5.88. The quantitative estimate of drug-likeness (QED) is 0.860. The lowest BCUT2D eigenvalue weighted by Crippen LogP contribution is -2.23. The smallest absolute Gasteiger partial charge is 0.248 e. The molecular formula is C15H19NO3. The fourth-order valence-corrected chi connectivity index (χ4v) is 2.33. The van der Waals surface area contributed by atoms with Gasteiger partial charge in [-0.3, -0.25) is 9.63 Å². The molecule has 1 aromatic heterocycles. The predicted octanol–water partition coefficient (Wildman–Crippen LogP) is 3.08. The number of hydroxylamine groups is 1. The summed E-state index contributed by atoms with van der Waals surface area (Å²) in [5.74, 6) is 0.261. The number of hydrogen-bond donors (Lipinski definition) is 1. The fourth-order valence-electron chi connectivity index (χ4n) is 2.33. The van der Waals surface area contributed by atoms with E-state index in [1.165, 1.54) is 18.2 Å². The van der Waals surface area contributed by atoms with Crippen molar-refractivity contribution in [3.05, 3.63) is 35.1 Å². The molecule has 0 radical (unpaired) electrons. The van der Waals surface area contributed by atoms with E-state index in [9.17, 15) is 4.79 Å². The van der Waals surface area contributed by atoms with E-state index >= 15 is 0 Å². The number of fused-ring (bicyclic) bond motifs is 1. The first-order valence-electron chi connectivity index (χ1n) is 6.35. The summed E-state index contributed by atoms with van der Waals surface area (Å²) in [5.41, 5.74) is 6.51. The summed E-state index contributed by atoms with van der Waals surface area (Å²) >= 11 is 0. The van der Waals surface area contributed by atoms with Gasteiger partial charge in [0.05, 0.1) is 19.8 Å². The normalized spacial score (nSPS) is 11.2. The first-order valence-corrected chi connectivity index (χ1v) is 6.35. The molecule has 0 spiro atoms. The maximum Gasteiger partial charge on any atom is 0.248 e. The lowest BCUT2D eigenvalue weighted by Gasteiger charge is -2.09. The molecule has 0 saturated carbocycles. The van der Waals surface area contributed by atoms with Gasteiger partial charge in [-0.15, -0.1) is 0 Å². The third kappa shape index (κ3) is 2.79. The fraction of sp³-hybridized carbons (Fsp3) is 0.400. The Balaban J connectivity index is 2.41. The van der Waals surface area contributed by atoms with Crippen molar-refractivity contribution in [1.82, 2.24) is 5.48 Å².